The first-order valence-electron chi connectivity index (χ1n) is 5.27. The number of amides is 2. The molecule has 1 aliphatic rings. The topological polar surface area (TPSA) is 66.9 Å². The van der Waals surface area contributed by atoms with Crippen LogP contribution in [0.4, 0.5) is 4.79 Å². The van der Waals surface area contributed by atoms with Crippen molar-refractivity contribution in [2.45, 2.75) is 6.42 Å². The lowest BCUT2D eigenvalue weighted by Crippen LogP contribution is -2.35. The van der Waals surface area contributed by atoms with Gasteiger partial charge in [0.2, 0.25) is 5.91 Å². The Labute approximate surface area is 104 Å². The summed E-state index contributed by atoms with van der Waals surface area (Å²) in [5, 5.41) is 0.0217. The molecule has 1 fully saturated rings. The summed E-state index contributed by atoms with van der Waals surface area (Å²) < 4.78 is 4.47. The summed E-state index contributed by atoms with van der Waals surface area (Å²) in [7, 11) is 2.82. The second kappa shape index (κ2) is 6.48. The van der Waals surface area contributed by atoms with Gasteiger partial charge < -0.3 is 14.5 Å². The molecule has 17 heavy (non-hydrogen) atoms. The fraction of sp³-hybridized carbons (Fsp3) is 0.700. The average Bonchev–Trinajstić information content (AvgIpc) is 2.71. The van der Waals surface area contributed by atoms with Crippen molar-refractivity contribution in [1.29, 1.82) is 0 Å². The van der Waals surface area contributed by atoms with Crippen molar-refractivity contribution in [3.8, 4) is 0 Å². The molecule has 2 amide bonds. The van der Waals surface area contributed by atoms with E-state index in [0.29, 0.717) is 13.1 Å². The fourth-order valence-electron chi connectivity index (χ4n) is 1.40. The van der Waals surface area contributed by atoms with E-state index in [4.69, 9.17) is 0 Å². The molecule has 0 unspecified atom stereocenters. The molecule has 0 N–H and O–H groups in total. The predicted octanol–water partition coefficient (Wildman–Crippen LogP) is 0.177. The highest BCUT2D eigenvalue weighted by molar-refractivity contribution is 8.13. The van der Waals surface area contributed by atoms with Crippen LogP contribution in [0.3, 0.4) is 0 Å². The molecule has 0 bridgehead atoms. The maximum Gasteiger partial charge on any atom is 0.325 e. The first kappa shape index (κ1) is 13.8. The Balaban J connectivity index is 2.28. The lowest BCUT2D eigenvalue weighted by atomic mass is 10.3. The first-order chi connectivity index (χ1) is 8.04. The maximum absolute atomic E-state index is 11.6. The third-order valence-electron chi connectivity index (χ3n) is 2.46. The van der Waals surface area contributed by atoms with Gasteiger partial charge in [-0.2, -0.15) is 0 Å². The van der Waals surface area contributed by atoms with Gasteiger partial charge in [0.15, 0.2) is 0 Å². The van der Waals surface area contributed by atoms with Crippen LogP contribution in [0.25, 0.3) is 0 Å². The van der Waals surface area contributed by atoms with Gasteiger partial charge in [0, 0.05) is 32.3 Å². The molecule has 1 aliphatic heterocycles. The number of thioether (sulfide) groups is 1. The van der Waals surface area contributed by atoms with Crippen LogP contribution in [0.1, 0.15) is 6.42 Å². The molecule has 0 radical (unpaired) electrons. The molecule has 0 aromatic heterocycles. The summed E-state index contributed by atoms with van der Waals surface area (Å²) in [6.45, 7) is 1.05. The van der Waals surface area contributed by atoms with Gasteiger partial charge in [-0.25, -0.2) is 0 Å². The van der Waals surface area contributed by atoms with Crippen LogP contribution in [0.5, 0.6) is 0 Å². The minimum atomic E-state index is -0.450. The number of rotatable bonds is 5. The second-order valence-electron chi connectivity index (χ2n) is 3.68. The minimum absolute atomic E-state index is 0.0217. The molecule has 0 atom stereocenters. The van der Waals surface area contributed by atoms with Crippen LogP contribution in [0.2, 0.25) is 0 Å². The molecule has 1 rings (SSSR count). The molecule has 0 aliphatic carbocycles. The number of methoxy groups -OCH3 is 1. The van der Waals surface area contributed by atoms with Gasteiger partial charge in [0.25, 0.3) is 5.24 Å². The quantitative estimate of drug-likeness (QED) is 0.660. The Morgan fingerprint density at radius 3 is 2.76 bits per heavy atom. The second-order valence-corrected chi connectivity index (χ2v) is 4.72. The van der Waals surface area contributed by atoms with Gasteiger partial charge in [0.1, 0.15) is 6.54 Å². The third-order valence-corrected chi connectivity index (χ3v) is 3.35. The van der Waals surface area contributed by atoms with Crippen molar-refractivity contribution in [2.24, 2.45) is 0 Å². The van der Waals surface area contributed by atoms with E-state index in [0.717, 1.165) is 5.75 Å². The summed E-state index contributed by atoms with van der Waals surface area (Å²) in [5.41, 5.74) is 0. The highest BCUT2D eigenvalue weighted by Crippen LogP contribution is 2.17. The lowest BCUT2D eigenvalue weighted by Gasteiger charge is -2.18. The molecular weight excluding hydrogens is 244 g/mol. The van der Waals surface area contributed by atoms with Crippen LogP contribution in [-0.4, -0.2) is 66.5 Å². The number of likely N-dealkylation sites (N-methyl/N-ethyl adjacent to an activating group) is 1. The minimum Gasteiger partial charge on any atom is -0.468 e. The number of hydrogen-bond donors (Lipinski definition) is 0. The average molecular weight is 260 g/mol. The van der Waals surface area contributed by atoms with E-state index < -0.39 is 5.97 Å². The van der Waals surface area contributed by atoms with E-state index in [1.165, 1.54) is 23.8 Å². The molecule has 7 heteroatoms. The predicted molar refractivity (Wildman–Crippen MR) is 63.7 cm³/mol. The number of carbonyl (C=O) groups excluding carboxylic acids is 3. The molecule has 0 saturated carbocycles. The smallest absolute Gasteiger partial charge is 0.325 e. The number of ether oxygens (including phenoxy) is 1. The Bertz CT molecular complexity index is 321. The van der Waals surface area contributed by atoms with Gasteiger partial charge in [-0.3, -0.25) is 14.4 Å². The van der Waals surface area contributed by atoms with Crippen molar-refractivity contribution < 1.29 is 19.1 Å². The van der Waals surface area contributed by atoms with E-state index in [9.17, 15) is 14.4 Å². The maximum atomic E-state index is 11.6. The van der Waals surface area contributed by atoms with E-state index >= 15 is 0 Å². The van der Waals surface area contributed by atoms with E-state index in [-0.39, 0.29) is 24.1 Å². The van der Waals surface area contributed by atoms with Crippen LogP contribution in [0, 0.1) is 0 Å². The SMILES string of the molecule is COC(=O)CN(C)C(=O)CCN1CCSC1=O. The molecule has 0 aromatic carbocycles. The van der Waals surface area contributed by atoms with Gasteiger partial charge in [-0.05, 0) is 0 Å². The lowest BCUT2D eigenvalue weighted by molar-refractivity contribution is -0.146. The van der Waals surface area contributed by atoms with Gasteiger partial charge >= 0.3 is 5.97 Å². The monoisotopic (exact) mass is 260 g/mol. The summed E-state index contributed by atoms with van der Waals surface area (Å²) in [6.07, 6.45) is 0.236. The van der Waals surface area contributed by atoms with Crippen molar-refractivity contribution >= 4 is 28.9 Å². The Morgan fingerprint density at radius 1 is 1.53 bits per heavy atom. The molecular formula is C10H16N2O4S. The Hall–Kier alpha value is -1.24. The van der Waals surface area contributed by atoms with Crippen molar-refractivity contribution in [1.82, 2.24) is 9.80 Å². The molecule has 6 nitrogen and oxygen atoms in total. The van der Waals surface area contributed by atoms with Crippen LogP contribution >= 0.6 is 11.8 Å². The van der Waals surface area contributed by atoms with Gasteiger partial charge in [-0.1, -0.05) is 11.8 Å². The molecule has 0 spiro atoms. The Kier molecular flexibility index (Phi) is 5.27. The number of carbonyl (C=O) groups is 3. The van der Waals surface area contributed by atoms with Crippen molar-refractivity contribution in [3.05, 3.63) is 0 Å². The van der Waals surface area contributed by atoms with Crippen LogP contribution < -0.4 is 0 Å². The number of nitrogens with zero attached hydrogens (tertiary/aromatic N) is 2. The van der Waals surface area contributed by atoms with Gasteiger partial charge in [-0.15, -0.1) is 0 Å². The van der Waals surface area contributed by atoms with E-state index in [1.807, 2.05) is 0 Å². The zero-order valence-corrected chi connectivity index (χ0v) is 10.8. The first-order valence-corrected chi connectivity index (χ1v) is 6.25. The van der Waals surface area contributed by atoms with Crippen LogP contribution in [0.15, 0.2) is 0 Å². The standard InChI is InChI=1S/C10H16N2O4S/c1-11(7-9(14)16-2)8(13)3-4-12-5-6-17-10(12)15/h3-7H2,1-2H3. The van der Waals surface area contributed by atoms with Crippen molar-refractivity contribution in [2.75, 3.05) is 39.5 Å². The van der Waals surface area contributed by atoms with E-state index in [1.54, 1.807) is 11.9 Å². The van der Waals surface area contributed by atoms with Gasteiger partial charge in [0.05, 0.1) is 7.11 Å². The number of hydrogen-bond acceptors (Lipinski definition) is 5. The third kappa shape index (κ3) is 4.26. The summed E-state index contributed by atoms with van der Waals surface area (Å²) in [6, 6.07) is 0. The van der Waals surface area contributed by atoms with Crippen molar-refractivity contribution in [3.63, 3.8) is 0 Å². The van der Waals surface area contributed by atoms with Crippen LogP contribution in [-0.2, 0) is 14.3 Å². The normalized spacial score (nSPS) is 14.9. The Morgan fingerprint density at radius 2 is 2.24 bits per heavy atom. The highest BCUT2D eigenvalue weighted by Gasteiger charge is 2.22. The molecule has 96 valence electrons. The zero-order valence-electron chi connectivity index (χ0n) is 9.97. The largest absolute Gasteiger partial charge is 0.468 e. The summed E-state index contributed by atoms with van der Waals surface area (Å²) in [4.78, 5) is 36.8. The summed E-state index contributed by atoms with van der Waals surface area (Å²) in [5.74, 6) is 0.166. The highest BCUT2D eigenvalue weighted by atomic mass is 32.2. The van der Waals surface area contributed by atoms with E-state index in [2.05, 4.69) is 4.74 Å². The number of esters is 1. The summed E-state index contributed by atoms with van der Waals surface area (Å²) >= 11 is 1.27. The zero-order chi connectivity index (χ0) is 12.8. The molecule has 1 heterocycles. The molecule has 1 saturated heterocycles. The molecule has 0 aromatic rings. The fourth-order valence-corrected chi connectivity index (χ4v) is 2.25.